The van der Waals surface area contributed by atoms with Gasteiger partial charge in [-0.15, -0.1) is 0 Å². The Labute approximate surface area is 182 Å². The molecule has 5 rings (SSSR count). The third-order valence-electron chi connectivity index (χ3n) is 6.33. The van der Waals surface area contributed by atoms with Crippen molar-refractivity contribution in [2.45, 2.75) is 56.9 Å². The van der Waals surface area contributed by atoms with Crippen LogP contribution in [0.15, 0.2) is 12.4 Å². The first-order valence-electron chi connectivity index (χ1n) is 10.6. The van der Waals surface area contributed by atoms with Crippen molar-refractivity contribution < 1.29 is 18.0 Å². The molecule has 0 aromatic carbocycles. The summed E-state index contributed by atoms with van der Waals surface area (Å²) in [4.78, 5) is 33.2. The molecule has 3 aliphatic rings. The molecule has 12 heteroatoms. The summed E-state index contributed by atoms with van der Waals surface area (Å²) in [6.45, 7) is 2.56. The maximum atomic E-state index is 12.6. The molecule has 0 unspecified atom stereocenters. The number of nitrogens with one attached hydrogen (secondary N) is 2. The molecule has 1 fully saturated rings. The minimum absolute atomic E-state index is 0.0519. The third-order valence-corrected chi connectivity index (χ3v) is 6.33. The van der Waals surface area contributed by atoms with Gasteiger partial charge in [0.2, 0.25) is 17.8 Å². The average Bonchev–Trinajstić information content (AvgIpc) is 2.74. The van der Waals surface area contributed by atoms with Gasteiger partial charge in [-0.2, -0.15) is 18.2 Å². The van der Waals surface area contributed by atoms with Crippen LogP contribution in [0.4, 0.5) is 36.6 Å². The predicted molar refractivity (Wildman–Crippen MR) is 112 cm³/mol. The normalized spacial score (nSPS) is 24.7. The molecule has 2 N–H and O–H groups in total. The Hall–Kier alpha value is -3.18. The largest absolute Gasteiger partial charge is 0.419 e. The molecule has 0 saturated heterocycles. The fraction of sp³-hybridized carbons (Fsp3) is 0.550. The highest BCUT2D eigenvalue weighted by atomic mass is 19.4. The van der Waals surface area contributed by atoms with E-state index in [-0.39, 0.29) is 30.0 Å². The second kappa shape index (κ2) is 7.45. The first-order valence-corrected chi connectivity index (χ1v) is 10.6. The fourth-order valence-electron chi connectivity index (χ4n) is 4.33. The topological polar surface area (TPSA) is 99.2 Å². The van der Waals surface area contributed by atoms with Gasteiger partial charge in [-0.3, -0.25) is 4.79 Å². The van der Waals surface area contributed by atoms with Crippen LogP contribution in [-0.2, 0) is 17.4 Å². The maximum Gasteiger partial charge on any atom is 0.419 e. The highest BCUT2D eigenvalue weighted by Gasteiger charge is 2.39. The molecule has 2 aliphatic heterocycles. The summed E-state index contributed by atoms with van der Waals surface area (Å²) in [5, 5.41) is 6.41. The zero-order valence-electron chi connectivity index (χ0n) is 17.6. The van der Waals surface area contributed by atoms with Gasteiger partial charge in [0.1, 0.15) is 11.7 Å². The van der Waals surface area contributed by atoms with E-state index < -0.39 is 11.7 Å². The van der Waals surface area contributed by atoms with E-state index in [0.717, 1.165) is 55.3 Å². The number of nitrogens with zero attached hydrogens (tertiary/aromatic N) is 6. The second-order valence-electron chi connectivity index (χ2n) is 8.49. The summed E-state index contributed by atoms with van der Waals surface area (Å²) in [5.41, 5.74) is 0.826. The van der Waals surface area contributed by atoms with E-state index >= 15 is 0 Å². The number of halogens is 3. The van der Waals surface area contributed by atoms with Gasteiger partial charge in [-0.1, -0.05) is 0 Å². The number of aromatic nitrogens is 4. The highest BCUT2D eigenvalue weighted by Crippen LogP contribution is 2.40. The minimum Gasteiger partial charge on any atom is -0.351 e. The van der Waals surface area contributed by atoms with Crippen LogP contribution in [0.2, 0.25) is 0 Å². The molecular weight excluding hydrogens is 425 g/mol. The number of hydrogen-bond donors (Lipinski definition) is 2. The Morgan fingerprint density at radius 2 is 1.72 bits per heavy atom. The molecule has 32 heavy (non-hydrogen) atoms. The standard InChI is InChI=1S/C20H23F3N8O/c1-10-17(32)31-5-3-4-14-15(31)16(30(10)2)29-19(28-14)27-13-6-12(7-13)26-18-24-8-11(9-25-18)20(21,22)23/h8-10,12-13H,3-7H2,1-2H3,(H,24,25,26)(H,27,28,29)/t10-,12-,13-/m0/s1. The van der Waals surface area contributed by atoms with Crippen molar-refractivity contribution in [3.8, 4) is 0 Å². The average molecular weight is 448 g/mol. The Morgan fingerprint density at radius 3 is 2.38 bits per heavy atom. The summed E-state index contributed by atoms with van der Waals surface area (Å²) in [5.74, 6) is 1.54. The van der Waals surface area contributed by atoms with Gasteiger partial charge in [0.15, 0.2) is 5.82 Å². The van der Waals surface area contributed by atoms with E-state index in [4.69, 9.17) is 4.98 Å². The number of alkyl halides is 3. The molecule has 2 aromatic heterocycles. The van der Waals surface area contributed by atoms with Crippen LogP contribution in [0.1, 0.15) is 37.4 Å². The van der Waals surface area contributed by atoms with Crippen molar-refractivity contribution in [3.63, 3.8) is 0 Å². The number of carbonyl (C=O) groups is 1. The van der Waals surface area contributed by atoms with Gasteiger partial charge in [-0.25, -0.2) is 15.0 Å². The Bertz CT molecular complexity index is 1040. The zero-order chi connectivity index (χ0) is 22.6. The number of likely N-dealkylation sites (N-methyl/N-ethyl adjacent to an activating group) is 1. The molecule has 9 nitrogen and oxygen atoms in total. The van der Waals surface area contributed by atoms with E-state index in [1.54, 1.807) is 4.90 Å². The molecule has 1 aliphatic carbocycles. The van der Waals surface area contributed by atoms with Gasteiger partial charge in [0, 0.05) is 38.1 Å². The van der Waals surface area contributed by atoms with Crippen LogP contribution < -0.4 is 20.4 Å². The lowest BCUT2D eigenvalue weighted by atomic mass is 9.87. The number of hydrogen-bond acceptors (Lipinski definition) is 8. The molecule has 170 valence electrons. The Morgan fingerprint density at radius 1 is 1.06 bits per heavy atom. The van der Waals surface area contributed by atoms with Gasteiger partial charge < -0.3 is 20.4 Å². The molecule has 1 amide bonds. The number of anilines is 4. The lowest BCUT2D eigenvalue weighted by Crippen LogP contribution is -2.53. The summed E-state index contributed by atoms with van der Waals surface area (Å²) in [6.07, 6.45) is 0.241. The van der Waals surface area contributed by atoms with Gasteiger partial charge in [-0.05, 0) is 32.6 Å². The molecule has 1 saturated carbocycles. The lowest BCUT2D eigenvalue weighted by Gasteiger charge is -2.42. The summed E-state index contributed by atoms with van der Waals surface area (Å²) < 4.78 is 37.9. The molecular formula is C20H23F3N8O. The SMILES string of the molecule is C[C@H]1C(=O)N2CCCc3nc(N[C@H]4C[C@H](Nc5ncc(C(F)(F)F)cn5)C4)nc(c32)N1C. The lowest BCUT2D eigenvalue weighted by molar-refractivity contribution is -0.138. The van der Waals surface area contributed by atoms with Crippen LogP contribution >= 0.6 is 0 Å². The molecule has 0 bridgehead atoms. The first kappa shape index (κ1) is 20.7. The zero-order valence-corrected chi connectivity index (χ0v) is 17.6. The van der Waals surface area contributed by atoms with E-state index in [1.165, 1.54) is 0 Å². The quantitative estimate of drug-likeness (QED) is 0.736. The minimum atomic E-state index is -4.45. The first-order chi connectivity index (χ1) is 15.2. The van der Waals surface area contributed by atoms with Crippen molar-refractivity contribution in [1.29, 1.82) is 0 Å². The van der Waals surface area contributed by atoms with Crippen molar-refractivity contribution in [2.75, 3.05) is 34.0 Å². The van der Waals surface area contributed by atoms with Gasteiger partial charge in [0.25, 0.3) is 0 Å². The third kappa shape index (κ3) is 3.56. The van der Waals surface area contributed by atoms with E-state index in [0.29, 0.717) is 12.5 Å². The van der Waals surface area contributed by atoms with Crippen molar-refractivity contribution >= 4 is 29.3 Å². The van der Waals surface area contributed by atoms with Crippen LogP contribution in [0.25, 0.3) is 0 Å². The van der Waals surface area contributed by atoms with E-state index in [2.05, 4.69) is 25.6 Å². The Balaban J connectivity index is 1.24. The van der Waals surface area contributed by atoms with Crippen molar-refractivity contribution in [3.05, 3.63) is 23.7 Å². The second-order valence-corrected chi connectivity index (χ2v) is 8.49. The van der Waals surface area contributed by atoms with Gasteiger partial charge >= 0.3 is 6.18 Å². The molecule has 0 spiro atoms. The Kier molecular flexibility index (Phi) is 4.82. The van der Waals surface area contributed by atoms with E-state index in [1.807, 2.05) is 18.9 Å². The van der Waals surface area contributed by atoms with Crippen molar-refractivity contribution in [1.82, 2.24) is 19.9 Å². The van der Waals surface area contributed by atoms with Crippen LogP contribution in [0.5, 0.6) is 0 Å². The number of carbonyl (C=O) groups excluding carboxylic acids is 1. The van der Waals surface area contributed by atoms with Crippen LogP contribution in [0, 0.1) is 0 Å². The summed E-state index contributed by atoms with van der Waals surface area (Å²) in [7, 11) is 1.87. The molecule has 4 heterocycles. The summed E-state index contributed by atoms with van der Waals surface area (Å²) >= 11 is 0. The fourth-order valence-corrected chi connectivity index (χ4v) is 4.33. The summed E-state index contributed by atoms with van der Waals surface area (Å²) in [6, 6.07) is -0.104. The van der Waals surface area contributed by atoms with Gasteiger partial charge in [0.05, 0.1) is 11.3 Å². The monoisotopic (exact) mass is 448 g/mol. The number of rotatable bonds is 4. The van der Waals surface area contributed by atoms with Crippen molar-refractivity contribution in [2.24, 2.45) is 0 Å². The van der Waals surface area contributed by atoms with Crippen LogP contribution in [0.3, 0.4) is 0 Å². The maximum absolute atomic E-state index is 12.6. The number of amides is 1. The molecule has 0 radical (unpaired) electrons. The predicted octanol–water partition coefficient (Wildman–Crippen LogP) is 2.46. The van der Waals surface area contributed by atoms with Crippen LogP contribution in [-0.4, -0.2) is 57.6 Å². The number of aryl methyl sites for hydroxylation is 1. The molecule has 1 atom stereocenters. The smallest absolute Gasteiger partial charge is 0.351 e. The highest BCUT2D eigenvalue weighted by molar-refractivity contribution is 6.05. The molecule has 2 aromatic rings. The van der Waals surface area contributed by atoms with E-state index in [9.17, 15) is 18.0 Å².